The largest absolute Gasteiger partial charge is 0.368 e. The summed E-state index contributed by atoms with van der Waals surface area (Å²) in [5, 5.41) is 7.55. The van der Waals surface area contributed by atoms with Crippen molar-refractivity contribution in [3.05, 3.63) is 40.8 Å². The topological polar surface area (TPSA) is 107 Å². The monoisotopic (exact) mass is 365 g/mol. The normalized spacial score (nSPS) is 19.0. The predicted molar refractivity (Wildman–Crippen MR) is 90.1 cm³/mol. The van der Waals surface area contributed by atoms with Gasteiger partial charge in [-0.15, -0.1) is 0 Å². The molecule has 25 heavy (non-hydrogen) atoms. The summed E-state index contributed by atoms with van der Waals surface area (Å²) in [5.74, 6) is -0.282. The quantitative estimate of drug-likeness (QED) is 0.705. The second-order valence-electron chi connectivity index (χ2n) is 5.90. The van der Waals surface area contributed by atoms with Crippen LogP contribution in [0.5, 0.6) is 0 Å². The number of para-hydroxylation sites is 1. The van der Waals surface area contributed by atoms with Crippen LogP contribution in [0.15, 0.2) is 35.1 Å². The fourth-order valence-corrected chi connectivity index (χ4v) is 4.71. The van der Waals surface area contributed by atoms with Gasteiger partial charge in [-0.25, -0.2) is 13.2 Å². The Bertz CT molecular complexity index is 919. The van der Waals surface area contributed by atoms with E-state index >= 15 is 0 Å². The molecule has 0 aliphatic carbocycles. The lowest BCUT2D eigenvalue weighted by Gasteiger charge is -2.26. The van der Waals surface area contributed by atoms with E-state index in [0.29, 0.717) is 18.7 Å². The fourth-order valence-electron chi connectivity index (χ4n) is 2.98. The highest BCUT2D eigenvalue weighted by Crippen LogP contribution is 2.18. The number of benzene rings is 1. The van der Waals surface area contributed by atoms with Crippen molar-refractivity contribution >= 4 is 15.7 Å². The van der Waals surface area contributed by atoms with E-state index in [2.05, 4.69) is 10.4 Å². The third kappa shape index (κ3) is 3.63. The Labute approximate surface area is 144 Å². The van der Waals surface area contributed by atoms with E-state index in [1.165, 1.54) is 4.90 Å². The first-order valence-corrected chi connectivity index (χ1v) is 9.81. The van der Waals surface area contributed by atoms with E-state index in [-0.39, 0.29) is 30.0 Å². The zero-order valence-electron chi connectivity index (χ0n) is 13.8. The zero-order valence-corrected chi connectivity index (χ0v) is 14.6. The fraction of sp³-hybridized carbons (Fsp3) is 0.467. The van der Waals surface area contributed by atoms with Crippen molar-refractivity contribution in [3.63, 3.8) is 0 Å². The molecule has 2 heterocycles. The molecule has 134 valence electrons. The summed E-state index contributed by atoms with van der Waals surface area (Å²) in [7, 11) is -3.09. The van der Waals surface area contributed by atoms with Crippen molar-refractivity contribution in [2.45, 2.75) is 25.9 Å². The van der Waals surface area contributed by atoms with E-state index in [9.17, 15) is 18.0 Å². The maximum Gasteiger partial charge on any atom is 0.368 e. The number of carbonyl (C=O) groups is 1. The second-order valence-corrected chi connectivity index (χ2v) is 8.13. The first-order chi connectivity index (χ1) is 11.9. The minimum atomic E-state index is -3.09. The van der Waals surface area contributed by atoms with Gasteiger partial charge in [-0.1, -0.05) is 18.2 Å². The van der Waals surface area contributed by atoms with Crippen LogP contribution in [0.2, 0.25) is 0 Å². The van der Waals surface area contributed by atoms with Crippen LogP contribution in [0.1, 0.15) is 13.3 Å². The molecule has 0 spiro atoms. The molecule has 0 N–H and O–H groups in total. The molecule has 0 saturated carbocycles. The lowest BCUT2D eigenvalue weighted by Crippen LogP contribution is -2.44. The molecule has 9 nitrogen and oxygen atoms in total. The standard InChI is InChI=1S/C15H19N5O4S/c1-2-18(13-8-9-25(23,24)11-13)14(21)10-19-15(22)20(17-16-19)12-6-4-3-5-7-12/h3-7,13H,2,8-11H2,1H3/t13-/m0/s1. The van der Waals surface area contributed by atoms with E-state index in [4.69, 9.17) is 0 Å². The van der Waals surface area contributed by atoms with Gasteiger partial charge in [0.25, 0.3) is 0 Å². The Hall–Kier alpha value is -2.49. The molecule has 1 atom stereocenters. The van der Waals surface area contributed by atoms with Crippen molar-refractivity contribution in [1.29, 1.82) is 0 Å². The first-order valence-electron chi connectivity index (χ1n) is 7.99. The third-order valence-electron chi connectivity index (χ3n) is 4.24. The Kier molecular flexibility index (Phi) is 4.71. The molecule has 1 amide bonds. The van der Waals surface area contributed by atoms with Gasteiger partial charge in [0.15, 0.2) is 9.84 Å². The van der Waals surface area contributed by atoms with Gasteiger partial charge in [-0.05, 0) is 35.9 Å². The SMILES string of the molecule is CCN(C(=O)Cn1nnn(-c2ccccc2)c1=O)[C@H]1CCS(=O)(=O)C1. The summed E-state index contributed by atoms with van der Waals surface area (Å²) in [6.45, 7) is 1.89. The summed E-state index contributed by atoms with van der Waals surface area (Å²) in [5.41, 5.74) is 0.0371. The zero-order chi connectivity index (χ0) is 18.0. The number of likely N-dealkylation sites (N-methyl/N-ethyl adjacent to an activating group) is 1. The number of rotatable bonds is 5. The Balaban J connectivity index is 1.77. The van der Waals surface area contributed by atoms with Gasteiger partial charge in [0.2, 0.25) is 5.91 Å². The molecule has 0 bridgehead atoms. The highest BCUT2D eigenvalue weighted by Gasteiger charge is 2.34. The van der Waals surface area contributed by atoms with Gasteiger partial charge in [-0.2, -0.15) is 9.36 Å². The van der Waals surface area contributed by atoms with Crippen LogP contribution in [0, 0.1) is 0 Å². The van der Waals surface area contributed by atoms with Crippen LogP contribution in [-0.4, -0.2) is 63.1 Å². The lowest BCUT2D eigenvalue weighted by atomic mass is 10.2. The van der Waals surface area contributed by atoms with Crippen LogP contribution in [0.25, 0.3) is 5.69 Å². The van der Waals surface area contributed by atoms with Gasteiger partial charge >= 0.3 is 5.69 Å². The van der Waals surface area contributed by atoms with Gasteiger partial charge in [0.05, 0.1) is 17.2 Å². The first kappa shape index (κ1) is 17.3. The number of amides is 1. The summed E-state index contributed by atoms with van der Waals surface area (Å²) < 4.78 is 25.4. The molecule has 1 saturated heterocycles. The number of tetrazole rings is 1. The Morgan fingerprint density at radius 2 is 2.00 bits per heavy atom. The molecular formula is C15H19N5O4S. The van der Waals surface area contributed by atoms with Crippen molar-refractivity contribution in [3.8, 4) is 5.69 Å². The summed E-state index contributed by atoms with van der Waals surface area (Å²) in [6, 6.07) is 8.43. The predicted octanol–water partition coefficient (Wildman–Crippen LogP) is -0.535. The summed E-state index contributed by atoms with van der Waals surface area (Å²) in [6.07, 6.45) is 0.424. The minimum absolute atomic E-state index is 0.0296. The molecule has 10 heteroatoms. The molecular weight excluding hydrogens is 346 g/mol. The van der Waals surface area contributed by atoms with Gasteiger partial charge in [0, 0.05) is 12.6 Å². The maximum atomic E-state index is 12.5. The number of aromatic nitrogens is 4. The van der Waals surface area contributed by atoms with E-state index in [1.54, 1.807) is 31.2 Å². The number of nitrogens with zero attached hydrogens (tertiary/aromatic N) is 5. The van der Waals surface area contributed by atoms with Crippen LogP contribution in [-0.2, 0) is 21.2 Å². The van der Waals surface area contributed by atoms with Gasteiger partial charge in [-0.3, -0.25) is 4.79 Å². The number of sulfone groups is 1. The van der Waals surface area contributed by atoms with E-state index in [0.717, 1.165) is 9.36 Å². The van der Waals surface area contributed by atoms with Crippen LogP contribution < -0.4 is 5.69 Å². The molecule has 1 aliphatic heterocycles. The molecule has 1 aromatic heterocycles. The van der Waals surface area contributed by atoms with E-state index < -0.39 is 15.5 Å². The average Bonchev–Trinajstić information content (AvgIpc) is 3.12. The van der Waals surface area contributed by atoms with E-state index in [1.807, 2.05) is 6.07 Å². The van der Waals surface area contributed by atoms with Crippen molar-refractivity contribution < 1.29 is 13.2 Å². The molecule has 0 unspecified atom stereocenters. The highest BCUT2D eigenvalue weighted by atomic mass is 32.2. The highest BCUT2D eigenvalue weighted by molar-refractivity contribution is 7.91. The van der Waals surface area contributed by atoms with Gasteiger partial charge in [0.1, 0.15) is 6.54 Å². The van der Waals surface area contributed by atoms with Gasteiger partial charge < -0.3 is 4.90 Å². The Morgan fingerprint density at radius 3 is 2.60 bits per heavy atom. The van der Waals surface area contributed by atoms with Crippen LogP contribution >= 0.6 is 0 Å². The number of carbonyl (C=O) groups excluding carboxylic acids is 1. The average molecular weight is 365 g/mol. The molecule has 1 aromatic carbocycles. The third-order valence-corrected chi connectivity index (χ3v) is 5.99. The molecule has 1 fully saturated rings. The Morgan fingerprint density at radius 1 is 1.28 bits per heavy atom. The second kappa shape index (κ2) is 6.79. The summed E-state index contributed by atoms with van der Waals surface area (Å²) >= 11 is 0. The molecule has 2 aromatic rings. The van der Waals surface area contributed by atoms with Crippen molar-refractivity contribution in [2.24, 2.45) is 0 Å². The van der Waals surface area contributed by atoms with Crippen molar-refractivity contribution in [1.82, 2.24) is 24.7 Å². The molecule has 0 radical (unpaired) electrons. The lowest BCUT2D eigenvalue weighted by molar-refractivity contribution is -0.133. The molecule has 1 aliphatic rings. The minimum Gasteiger partial charge on any atom is -0.337 e. The smallest absolute Gasteiger partial charge is 0.337 e. The summed E-state index contributed by atoms with van der Waals surface area (Å²) in [4.78, 5) is 26.4. The van der Waals surface area contributed by atoms with Crippen LogP contribution in [0.4, 0.5) is 0 Å². The number of hydrogen-bond acceptors (Lipinski definition) is 6. The van der Waals surface area contributed by atoms with Crippen LogP contribution in [0.3, 0.4) is 0 Å². The maximum absolute atomic E-state index is 12.5. The number of hydrogen-bond donors (Lipinski definition) is 0. The molecule has 3 rings (SSSR count). The van der Waals surface area contributed by atoms with Crippen molar-refractivity contribution in [2.75, 3.05) is 18.1 Å².